The summed E-state index contributed by atoms with van der Waals surface area (Å²) in [5, 5.41) is 14.7. The average Bonchev–Trinajstić information content (AvgIpc) is 2.88. The number of hydrogen-bond donors (Lipinski definition) is 0. The molecule has 0 radical (unpaired) electrons. The lowest BCUT2D eigenvalue weighted by Gasteiger charge is -2.19. The first-order valence-electron chi connectivity index (χ1n) is 7.32. The number of hydrogen-bond acceptors (Lipinski definition) is 4. The van der Waals surface area contributed by atoms with Gasteiger partial charge in [-0.2, -0.15) is 10.4 Å². The van der Waals surface area contributed by atoms with Gasteiger partial charge in [-0.15, -0.1) is 0 Å². The Kier molecular flexibility index (Phi) is 5.73. The second-order valence-electron chi connectivity index (χ2n) is 4.96. The predicted molar refractivity (Wildman–Crippen MR) is 82.8 cm³/mol. The van der Waals surface area contributed by atoms with Gasteiger partial charge < -0.3 is 4.74 Å². The van der Waals surface area contributed by atoms with Crippen LogP contribution in [0.4, 0.5) is 0 Å². The first kappa shape index (κ1) is 15.5. The summed E-state index contributed by atoms with van der Waals surface area (Å²) in [6.45, 7) is 5.92. The molecular weight excluding hydrogens is 264 g/mol. The van der Waals surface area contributed by atoms with Gasteiger partial charge in [-0.1, -0.05) is 18.2 Å². The van der Waals surface area contributed by atoms with Gasteiger partial charge in [0.25, 0.3) is 0 Å². The molecule has 21 heavy (non-hydrogen) atoms. The Morgan fingerprint density at radius 3 is 2.86 bits per heavy atom. The van der Waals surface area contributed by atoms with E-state index in [-0.39, 0.29) is 0 Å². The molecule has 0 saturated heterocycles. The highest BCUT2D eigenvalue weighted by Gasteiger charge is 2.13. The molecule has 0 N–H and O–H groups in total. The molecule has 0 unspecified atom stereocenters. The number of para-hydroxylation sites is 1. The second-order valence-corrected chi connectivity index (χ2v) is 4.96. The highest BCUT2D eigenvalue weighted by molar-refractivity contribution is 5.81. The summed E-state index contributed by atoms with van der Waals surface area (Å²) in [6.07, 6.45) is 0.524. The molecule has 0 spiro atoms. The van der Waals surface area contributed by atoms with Crippen LogP contribution in [-0.4, -0.2) is 41.5 Å². The fourth-order valence-corrected chi connectivity index (χ4v) is 2.46. The van der Waals surface area contributed by atoms with E-state index in [1.54, 1.807) is 7.11 Å². The molecule has 0 aliphatic rings. The number of ether oxygens (including phenoxy) is 1. The molecule has 2 aromatic rings. The van der Waals surface area contributed by atoms with Gasteiger partial charge >= 0.3 is 0 Å². The number of benzene rings is 1. The molecule has 0 amide bonds. The zero-order chi connectivity index (χ0) is 15.1. The average molecular weight is 286 g/mol. The first-order valence-corrected chi connectivity index (χ1v) is 7.32. The third kappa shape index (κ3) is 3.81. The lowest BCUT2D eigenvalue weighted by molar-refractivity contribution is 0.144. The topological polar surface area (TPSA) is 54.1 Å². The molecule has 0 atom stereocenters. The molecule has 5 nitrogen and oxygen atoms in total. The molecule has 1 aromatic heterocycles. The van der Waals surface area contributed by atoms with Crippen LogP contribution in [0, 0.1) is 11.3 Å². The fraction of sp³-hybridized carbons (Fsp3) is 0.500. The predicted octanol–water partition coefficient (Wildman–Crippen LogP) is 2.42. The monoisotopic (exact) mass is 286 g/mol. The van der Waals surface area contributed by atoms with E-state index in [0.717, 1.165) is 31.9 Å². The molecule has 0 aliphatic carbocycles. The quantitative estimate of drug-likeness (QED) is 0.748. The summed E-state index contributed by atoms with van der Waals surface area (Å²) >= 11 is 0. The Labute approximate surface area is 125 Å². The number of aryl methyl sites for hydroxylation is 1. The van der Waals surface area contributed by atoms with Gasteiger partial charge in [-0.25, -0.2) is 0 Å². The molecule has 0 aliphatic heterocycles. The van der Waals surface area contributed by atoms with Crippen molar-refractivity contribution in [1.29, 1.82) is 5.26 Å². The van der Waals surface area contributed by atoms with Crippen LogP contribution in [0.25, 0.3) is 10.9 Å². The van der Waals surface area contributed by atoms with Crippen LogP contribution >= 0.6 is 0 Å². The van der Waals surface area contributed by atoms with Crippen molar-refractivity contribution >= 4 is 10.9 Å². The largest absolute Gasteiger partial charge is 0.383 e. The summed E-state index contributed by atoms with van der Waals surface area (Å²) in [7, 11) is 1.70. The van der Waals surface area contributed by atoms with E-state index in [4.69, 9.17) is 15.1 Å². The first-order chi connectivity index (χ1) is 10.3. The zero-order valence-corrected chi connectivity index (χ0v) is 12.7. The normalized spacial score (nSPS) is 11.1. The van der Waals surface area contributed by atoms with Crippen LogP contribution < -0.4 is 0 Å². The molecule has 1 aromatic carbocycles. The van der Waals surface area contributed by atoms with Gasteiger partial charge in [0.2, 0.25) is 0 Å². The smallest absolute Gasteiger partial charge is 0.0843 e. The van der Waals surface area contributed by atoms with Crippen LogP contribution in [0.5, 0.6) is 0 Å². The van der Waals surface area contributed by atoms with Crippen molar-refractivity contribution in [3.05, 3.63) is 30.0 Å². The summed E-state index contributed by atoms with van der Waals surface area (Å²) in [5.74, 6) is 0. The molecule has 0 saturated carbocycles. The van der Waals surface area contributed by atoms with Crippen LogP contribution in [0.2, 0.25) is 0 Å². The van der Waals surface area contributed by atoms with Crippen molar-refractivity contribution < 1.29 is 4.74 Å². The molecular formula is C16H22N4O. The molecule has 0 bridgehead atoms. The summed E-state index contributed by atoms with van der Waals surface area (Å²) in [6, 6.07) is 10.5. The minimum atomic E-state index is 0.524. The van der Waals surface area contributed by atoms with E-state index in [9.17, 15) is 0 Å². The summed E-state index contributed by atoms with van der Waals surface area (Å²) in [4.78, 5) is 2.22. The lowest BCUT2D eigenvalue weighted by Crippen LogP contribution is -2.28. The van der Waals surface area contributed by atoms with Crippen molar-refractivity contribution in [3.8, 4) is 6.07 Å². The molecule has 1 heterocycles. The van der Waals surface area contributed by atoms with E-state index in [1.165, 1.54) is 10.9 Å². The van der Waals surface area contributed by atoms with Crippen LogP contribution in [0.3, 0.4) is 0 Å². The molecule has 5 heteroatoms. The van der Waals surface area contributed by atoms with Gasteiger partial charge in [0.1, 0.15) is 0 Å². The van der Waals surface area contributed by atoms with Gasteiger partial charge in [-0.3, -0.25) is 9.58 Å². The van der Waals surface area contributed by atoms with Crippen molar-refractivity contribution in [1.82, 2.24) is 14.7 Å². The lowest BCUT2D eigenvalue weighted by atomic mass is 10.2. The van der Waals surface area contributed by atoms with Gasteiger partial charge in [0.15, 0.2) is 0 Å². The van der Waals surface area contributed by atoms with Gasteiger partial charge in [0, 0.05) is 45.1 Å². The maximum absolute atomic E-state index is 8.79. The highest BCUT2D eigenvalue weighted by Crippen LogP contribution is 2.19. The van der Waals surface area contributed by atoms with Crippen molar-refractivity contribution in [2.75, 3.05) is 26.8 Å². The van der Waals surface area contributed by atoms with Crippen LogP contribution in [-0.2, 0) is 17.8 Å². The van der Waals surface area contributed by atoms with E-state index < -0.39 is 0 Å². The Morgan fingerprint density at radius 2 is 2.14 bits per heavy atom. The van der Waals surface area contributed by atoms with Gasteiger partial charge in [-0.05, 0) is 13.0 Å². The molecule has 0 fully saturated rings. The number of nitriles is 1. The van der Waals surface area contributed by atoms with Crippen LogP contribution in [0.15, 0.2) is 24.3 Å². The maximum atomic E-state index is 8.79. The zero-order valence-electron chi connectivity index (χ0n) is 12.7. The fourth-order valence-electron chi connectivity index (χ4n) is 2.46. The maximum Gasteiger partial charge on any atom is 0.0843 e. The number of nitrogens with zero attached hydrogens (tertiary/aromatic N) is 4. The third-order valence-corrected chi connectivity index (χ3v) is 3.56. The van der Waals surface area contributed by atoms with Gasteiger partial charge in [0.05, 0.1) is 23.9 Å². The Hall–Kier alpha value is -1.90. The van der Waals surface area contributed by atoms with Crippen molar-refractivity contribution in [3.63, 3.8) is 0 Å². The third-order valence-electron chi connectivity index (χ3n) is 3.56. The minimum absolute atomic E-state index is 0.524. The van der Waals surface area contributed by atoms with E-state index in [0.29, 0.717) is 13.0 Å². The SMILES string of the molecule is CCn1nc(CN(CCC#N)CCOC)c2ccccc21. The number of fused-ring (bicyclic) bond motifs is 1. The number of aromatic nitrogens is 2. The van der Waals surface area contributed by atoms with E-state index in [2.05, 4.69) is 30.0 Å². The summed E-state index contributed by atoms with van der Waals surface area (Å²) in [5.41, 5.74) is 2.24. The standard InChI is InChI=1S/C16H22N4O/c1-3-20-16-8-5-4-7-14(16)15(18-20)13-19(10-6-9-17)11-12-21-2/h4-5,7-8H,3,6,10-13H2,1-2H3. The Morgan fingerprint density at radius 1 is 1.33 bits per heavy atom. The summed E-state index contributed by atoms with van der Waals surface area (Å²) < 4.78 is 7.18. The molecule has 112 valence electrons. The van der Waals surface area contributed by atoms with E-state index >= 15 is 0 Å². The molecule has 2 rings (SSSR count). The van der Waals surface area contributed by atoms with E-state index in [1.807, 2.05) is 16.8 Å². The van der Waals surface area contributed by atoms with Crippen molar-refractivity contribution in [2.45, 2.75) is 26.4 Å². The Balaban J connectivity index is 2.21. The Bertz CT molecular complexity index is 614. The second kappa shape index (κ2) is 7.77. The number of rotatable bonds is 8. The van der Waals surface area contributed by atoms with Crippen molar-refractivity contribution in [2.24, 2.45) is 0 Å². The minimum Gasteiger partial charge on any atom is -0.383 e. The number of methoxy groups -OCH3 is 1. The van der Waals surface area contributed by atoms with Crippen LogP contribution in [0.1, 0.15) is 19.0 Å². The highest BCUT2D eigenvalue weighted by atomic mass is 16.5.